The quantitative estimate of drug-likeness (QED) is 0.533. The SMILES string of the molecule is OCC(O)CN1NNc2ccccc21. The molecular weight excluding hydrogens is 182 g/mol. The normalized spacial score (nSPS) is 16.3. The molecule has 76 valence electrons. The largest absolute Gasteiger partial charge is 0.394 e. The van der Waals surface area contributed by atoms with Crippen molar-refractivity contribution in [2.24, 2.45) is 0 Å². The zero-order chi connectivity index (χ0) is 9.97. The third-order valence-electron chi connectivity index (χ3n) is 2.12. The number of hydrazine groups is 2. The number of anilines is 2. The van der Waals surface area contributed by atoms with Crippen molar-refractivity contribution in [2.75, 3.05) is 23.6 Å². The van der Waals surface area contributed by atoms with Gasteiger partial charge in [0.05, 0.1) is 30.6 Å². The number of hydrogen-bond donors (Lipinski definition) is 4. The molecule has 0 aromatic heterocycles. The van der Waals surface area contributed by atoms with E-state index in [1.807, 2.05) is 24.3 Å². The van der Waals surface area contributed by atoms with Gasteiger partial charge in [0.15, 0.2) is 0 Å². The first-order valence-electron chi connectivity index (χ1n) is 4.48. The molecule has 1 aromatic rings. The molecule has 1 unspecified atom stereocenters. The van der Waals surface area contributed by atoms with E-state index in [9.17, 15) is 5.11 Å². The minimum absolute atomic E-state index is 0.236. The second-order valence-electron chi connectivity index (χ2n) is 3.20. The summed E-state index contributed by atoms with van der Waals surface area (Å²) in [5, 5.41) is 19.8. The van der Waals surface area contributed by atoms with Gasteiger partial charge in [-0.05, 0) is 12.1 Å². The van der Waals surface area contributed by atoms with E-state index >= 15 is 0 Å². The van der Waals surface area contributed by atoms with Crippen LogP contribution >= 0.6 is 0 Å². The second kappa shape index (κ2) is 3.83. The summed E-state index contributed by atoms with van der Waals surface area (Å²) >= 11 is 0. The van der Waals surface area contributed by atoms with Gasteiger partial charge < -0.3 is 15.6 Å². The van der Waals surface area contributed by atoms with Crippen LogP contribution in [0.3, 0.4) is 0 Å². The summed E-state index contributed by atoms with van der Waals surface area (Å²) in [5.41, 5.74) is 7.80. The van der Waals surface area contributed by atoms with Crippen molar-refractivity contribution in [3.05, 3.63) is 24.3 Å². The van der Waals surface area contributed by atoms with E-state index in [0.717, 1.165) is 11.4 Å². The van der Waals surface area contributed by atoms with Gasteiger partial charge in [-0.15, -0.1) is 5.53 Å². The molecule has 0 aliphatic carbocycles. The zero-order valence-corrected chi connectivity index (χ0v) is 7.64. The first-order chi connectivity index (χ1) is 6.81. The molecule has 0 saturated heterocycles. The summed E-state index contributed by atoms with van der Waals surface area (Å²) in [5.74, 6) is 0. The third kappa shape index (κ3) is 1.65. The Balaban J connectivity index is 2.10. The predicted molar refractivity (Wildman–Crippen MR) is 53.6 cm³/mol. The minimum Gasteiger partial charge on any atom is -0.394 e. The Labute approximate surface area is 81.9 Å². The van der Waals surface area contributed by atoms with Crippen molar-refractivity contribution in [1.29, 1.82) is 0 Å². The Morgan fingerprint density at radius 2 is 2.14 bits per heavy atom. The molecular formula is C9H13N3O2. The summed E-state index contributed by atoms with van der Waals surface area (Å²) in [6.45, 7) is 0.112. The number of para-hydroxylation sites is 2. The Bertz CT molecular complexity index is 319. The van der Waals surface area contributed by atoms with Crippen LogP contribution in [-0.4, -0.2) is 29.5 Å². The van der Waals surface area contributed by atoms with E-state index in [1.165, 1.54) is 0 Å². The van der Waals surface area contributed by atoms with Gasteiger partial charge in [-0.2, -0.15) is 0 Å². The highest BCUT2D eigenvalue weighted by molar-refractivity contribution is 5.72. The summed E-state index contributed by atoms with van der Waals surface area (Å²) in [7, 11) is 0. The molecule has 0 fully saturated rings. The number of nitrogens with one attached hydrogen (secondary N) is 2. The van der Waals surface area contributed by atoms with Crippen LogP contribution in [0.5, 0.6) is 0 Å². The molecule has 5 nitrogen and oxygen atoms in total. The highest BCUT2D eigenvalue weighted by Gasteiger charge is 2.19. The fourth-order valence-corrected chi connectivity index (χ4v) is 1.42. The van der Waals surface area contributed by atoms with Crippen molar-refractivity contribution in [1.82, 2.24) is 5.53 Å². The van der Waals surface area contributed by atoms with Gasteiger partial charge in [0.2, 0.25) is 0 Å². The van der Waals surface area contributed by atoms with Crippen LogP contribution in [0.2, 0.25) is 0 Å². The van der Waals surface area contributed by atoms with Gasteiger partial charge in [-0.1, -0.05) is 12.1 Å². The van der Waals surface area contributed by atoms with Crippen molar-refractivity contribution < 1.29 is 10.2 Å². The van der Waals surface area contributed by atoms with Gasteiger partial charge >= 0.3 is 0 Å². The maximum absolute atomic E-state index is 9.28. The lowest BCUT2D eigenvalue weighted by Gasteiger charge is -2.20. The van der Waals surface area contributed by atoms with Gasteiger partial charge in [-0.3, -0.25) is 5.01 Å². The lowest BCUT2D eigenvalue weighted by Crippen LogP contribution is -2.42. The number of rotatable bonds is 3. The number of benzene rings is 1. The average molecular weight is 195 g/mol. The fraction of sp³-hybridized carbons (Fsp3) is 0.333. The first kappa shape index (κ1) is 9.26. The Hall–Kier alpha value is -1.30. The number of β-amino-alcohol motifs (C(OH)–C–C–N with tert-alkyl or cyclic N) is 1. The molecule has 14 heavy (non-hydrogen) atoms. The average Bonchev–Trinajstić information content (AvgIpc) is 2.62. The van der Waals surface area contributed by atoms with E-state index in [0.29, 0.717) is 6.54 Å². The van der Waals surface area contributed by atoms with Crippen LogP contribution in [0.4, 0.5) is 11.4 Å². The highest BCUT2D eigenvalue weighted by Crippen LogP contribution is 2.27. The van der Waals surface area contributed by atoms with Crippen molar-refractivity contribution >= 4 is 11.4 Å². The van der Waals surface area contributed by atoms with Crippen LogP contribution in [0.1, 0.15) is 0 Å². The molecule has 1 aromatic carbocycles. The Morgan fingerprint density at radius 3 is 2.93 bits per heavy atom. The van der Waals surface area contributed by atoms with Crippen molar-refractivity contribution in [3.63, 3.8) is 0 Å². The molecule has 1 atom stereocenters. The second-order valence-corrected chi connectivity index (χ2v) is 3.20. The number of aliphatic hydroxyl groups is 2. The minimum atomic E-state index is -0.740. The molecule has 4 N–H and O–H groups in total. The number of fused-ring (bicyclic) bond motifs is 1. The van der Waals surface area contributed by atoms with Crippen LogP contribution in [0.15, 0.2) is 24.3 Å². The molecule has 0 bridgehead atoms. The molecule has 0 spiro atoms. The highest BCUT2D eigenvalue weighted by atomic mass is 16.3. The summed E-state index contributed by atoms with van der Waals surface area (Å²) < 4.78 is 0. The van der Waals surface area contributed by atoms with Crippen molar-refractivity contribution in [3.8, 4) is 0 Å². The standard InChI is InChI=1S/C9H13N3O2/c13-6-7(14)5-12-9-4-2-1-3-8(9)10-11-12/h1-4,7,10-11,13-14H,5-6H2. The Morgan fingerprint density at radius 1 is 1.36 bits per heavy atom. The third-order valence-corrected chi connectivity index (χ3v) is 2.12. The van der Waals surface area contributed by atoms with E-state index in [2.05, 4.69) is 11.0 Å². The lowest BCUT2D eigenvalue weighted by atomic mass is 10.2. The molecule has 5 heteroatoms. The summed E-state index contributed by atoms with van der Waals surface area (Å²) in [6, 6.07) is 7.73. The van der Waals surface area contributed by atoms with Crippen LogP contribution in [-0.2, 0) is 0 Å². The summed E-state index contributed by atoms with van der Waals surface area (Å²) in [6.07, 6.45) is -0.740. The van der Waals surface area contributed by atoms with E-state index in [1.54, 1.807) is 5.01 Å². The van der Waals surface area contributed by atoms with E-state index in [-0.39, 0.29) is 6.61 Å². The van der Waals surface area contributed by atoms with Gasteiger partial charge in [0.25, 0.3) is 0 Å². The molecule has 0 saturated carbocycles. The molecule has 0 amide bonds. The molecule has 0 radical (unpaired) electrons. The van der Waals surface area contributed by atoms with Gasteiger partial charge in [0, 0.05) is 0 Å². The number of hydrogen-bond acceptors (Lipinski definition) is 5. The monoisotopic (exact) mass is 195 g/mol. The maximum atomic E-state index is 9.28. The Kier molecular flexibility index (Phi) is 2.53. The van der Waals surface area contributed by atoms with Crippen LogP contribution < -0.4 is 16.0 Å². The van der Waals surface area contributed by atoms with Crippen LogP contribution in [0.25, 0.3) is 0 Å². The van der Waals surface area contributed by atoms with Crippen LogP contribution in [0, 0.1) is 0 Å². The maximum Gasteiger partial charge on any atom is 0.0961 e. The van der Waals surface area contributed by atoms with E-state index in [4.69, 9.17) is 5.11 Å². The van der Waals surface area contributed by atoms with E-state index < -0.39 is 6.10 Å². The number of aliphatic hydroxyl groups excluding tert-OH is 2. The van der Waals surface area contributed by atoms with Gasteiger partial charge in [-0.25, -0.2) is 0 Å². The first-order valence-corrected chi connectivity index (χ1v) is 4.48. The molecule has 1 aliphatic rings. The lowest BCUT2D eigenvalue weighted by molar-refractivity contribution is 0.0987. The smallest absolute Gasteiger partial charge is 0.0961 e. The number of nitrogens with zero attached hydrogens (tertiary/aromatic N) is 1. The van der Waals surface area contributed by atoms with Crippen molar-refractivity contribution in [2.45, 2.75) is 6.10 Å². The predicted octanol–water partition coefficient (Wildman–Crippen LogP) is -0.309. The van der Waals surface area contributed by atoms with Gasteiger partial charge in [0.1, 0.15) is 0 Å². The molecule has 2 rings (SSSR count). The zero-order valence-electron chi connectivity index (χ0n) is 7.64. The summed E-state index contributed by atoms with van der Waals surface area (Å²) in [4.78, 5) is 0. The fourth-order valence-electron chi connectivity index (χ4n) is 1.42. The topological polar surface area (TPSA) is 67.8 Å². The molecule has 1 heterocycles. The molecule has 1 aliphatic heterocycles.